The number of carbonyl (C=O) groups is 1. The predicted octanol–water partition coefficient (Wildman–Crippen LogP) is 1.97. The second-order valence-electron chi connectivity index (χ2n) is 5.31. The smallest absolute Gasteiger partial charge is 0.223 e. The standard InChI is InChI=1S/C16H20N2O2/c1-17-7-6-14-12-13(2-4-15(14)17)3-5-16(19)18-8-10-20-11-9-18/h2,4,6-7,12H,3,5,8-11H2,1H3. The summed E-state index contributed by atoms with van der Waals surface area (Å²) in [5.74, 6) is 0.237. The van der Waals surface area contributed by atoms with E-state index in [1.165, 1.54) is 16.5 Å². The zero-order valence-electron chi connectivity index (χ0n) is 11.8. The third-order valence-electron chi connectivity index (χ3n) is 3.94. The maximum atomic E-state index is 12.1. The first-order chi connectivity index (χ1) is 9.74. The number of rotatable bonds is 3. The fourth-order valence-electron chi connectivity index (χ4n) is 2.71. The monoisotopic (exact) mass is 272 g/mol. The molecule has 1 fully saturated rings. The van der Waals surface area contributed by atoms with E-state index >= 15 is 0 Å². The quantitative estimate of drug-likeness (QED) is 0.856. The highest BCUT2D eigenvalue weighted by Crippen LogP contribution is 2.18. The van der Waals surface area contributed by atoms with Gasteiger partial charge >= 0.3 is 0 Å². The minimum absolute atomic E-state index is 0.237. The number of amides is 1. The Morgan fingerprint density at radius 3 is 2.85 bits per heavy atom. The number of ether oxygens (including phenoxy) is 1. The highest BCUT2D eigenvalue weighted by atomic mass is 16.5. The van der Waals surface area contributed by atoms with Crippen LogP contribution in [0.5, 0.6) is 0 Å². The van der Waals surface area contributed by atoms with Crippen LogP contribution in [0.15, 0.2) is 30.5 Å². The van der Waals surface area contributed by atoms with Gasteiger partial charge in [0.2, 0.25) is 5.91 Å². The van der Waals surface area contributed by atoms with Crippen molar-refractivity contribution in [1.82, 2.24) is 9.47 Å². The molecule has 2 aromatic rings. The molecule has 4 nitrogen and oxygen atoms in total. The largest absolute Gasteiger partial charge is 0.378 e. The van der Waals surface area contributed by atoms with Crippen molar-refractivity contribution in [3.8, 4) is 0 Å². The van der Waals surface area contributed by atoms with Gasteiger partial charge in [0, 0.05) is 38.3 Å². The lowest BCUT2D eigenvalue weighted by molar-refractivity contribution is -0.135. The number of morpholine rings is 1. The van der Waals surface area contributed by atoms with Crippen LogP contribution in [0.2, 0.25) is 0 Å². The Kier molecular flexibility index (Phi) is 3.74. The van der Waals surface area contributed by atoms with Crippen molar-refractivity contribution in [1.29, 1.82) is 0 Å². The van der Waals surface area contributed by atoms with Crippen molar-refractivity contribution in [3.05, 3.63) is 36.0 Å². The Morgan fingerprint density at radius 1 is 1.25 bits per heavy atom. The Hall–Kier alpha value is -1.81. The molecular formula is C16H20N2O2. The molecule has 4 heteroatoms. The molecule has 1 saturated heterocycles. The zero-order valence-corrected chi connectivity index (χ0v) is 11.8. The number of hydrogen-bond acceptors (Lipinski definition) is 2. The second kappa shape index (κ2) is 5.67. The van der Waals surface area contributed by atoms with Gasteiger partial charge in [0.05, 0.1) is 13.2 Å². The highest BCUT2D eigenvalue weighted by Gasteiger charge is 2.16. The zero-order chi connectivity index (χ0) is 13.9. The molecule has 0 aliphatic carbocycles. The number of carbonyl (C=O) groups excluding carboxylic acids is 1. The number of fused-ring (bicyclic) bond motifs is 1. The van der Waals surface area contributed by atoms with E-state index in [0.717, 1.165) is 19.5 Å². The van der Waals surface area contributed by atoms with Gasteiger partial charge in [0.15, 0.2) is 0 Å². The molecule has 1 aromatic carbocycles. The average Bonchev–Trinajstić information content (AvgIpc) is 2.87. The molecular weight excluding hydrogens is 252 g/mol. The lowest BCUT2D eigenvalue weighted by Crippen LogP contribution is -2.40. The molecule has 0 saturated carbocycles. The summed E-state index contributed by atoms with van der Waals surface area (Å²) in [5, 5.41) is 1.24. The minimum Gasteiger partial charge on any atom is -0.378 e. The number of aryl methyl sites for hydroxylation is 2. The molecule has 0 unspecified atom stereocenters. The summed E-state index contributed by atoms with van der Waals surface area (Å²) in [6.45, 7) is 2.80. The van der Waals surface area contributed by atoms with Crippen molar-refractivity contribution in [2.45, 2.75) is 12.8 Å². The van der Waals surface area contributed by atoms with E-state index in [-0.39, 0.29) is 5.91 Å². The number of nitrogens with zero attached hydrogens (tertiary/aromatic N) is 2. The van der Waals surface area contributed by atoms with Crippen molar-refractivity contribution >= 4 is 16.8 Å². The van der Waals surface area contributed by atoms with Crippen LogP contribution < -0.4 is 0 Å². The fourth-order valence-corrected chi connectivity index (χ4v) is 2.71. The van der Waals surface area contributed by atoms with E-state index in [2.05, 4.69) is 35.0 Å². The minimum atomic E-state index is 0.237. The van der Waals surface area contributed by atoms with Gasteiger partial charge in [-0.25, -0.2) is 0 Å². The van der Waals surface area contributed by atoms with Crippen LogP contribution >= 0.6 is 0 Å². The lowest BCUT2D eigenvalue weighted by atomic mass is 10.1. The molecule has 3 rings (SSSR count). The van der Waals surface area contributed by atoms with Crippen LogP contribution in [-0.4, -0.2) is 41.7 Å². The maximum Gasteiger partial charge on any atom is 0.223 e. The van der Waals surface area contributed by atoms with Gasteiger partial charge in [-0.2, -0.15) is 0 Å². The second-order valence-corrected chi connectivity index (χ2v) is 5.31. The third-order valence-corrected chi connectivity index (χ3v) is 3.94. The van der Waals surface area contributed by atoms with Crippen molar-refractivity contribution in [3.63, 3.8) is 0 Å². The first kappa shape index (κ1) is 13.2. The van der Waals surface area contributed by atoms with Crippen molar-refractivity contribution in [2.75, 3.05) is 26.3 Å². The van der Waals surface area contributed by atoms with E-state index in [1.807, 2.05) is 11.9 Å². The maximum absolute atomic E-state index is 12.1. The van der Waals surface area contributed by atoms with Crippen LogP contribution in [-0.2, 0) is 23.0 Å². The number of benzene rings is 1. The highest BCUT2D eigenvalue weighted by molar-refractivity contribution is 5.81. The molecule has 0 spiro atoms. The van der Waals surface area contributed by atoms with Crippen LogP contribution in [0.25, 0.3) is 10.9 Å². The molecule has 0 atom stereocenters. The summed E-state index contributed by atoms with van der Waals surface area (Å²) in [6.07, 6.45) is 3.45. The normalized spacial score (nSPS) is 15.8. The van der Waals surface area contributed by atoms with Gasteiger partial charge in [-0.05, 0) is 35.6 Å². The summed E-state index contributed by atoms with van der Waals surface area (Å²) in [4.78, 5) is 14.0. The van der Waals surface area contributed by atoms with Gasteiger partial charge < -0.3 is 14.2 Å². The molecule has 106 valence electrons. The molecule has 1 aliphatic rings. The van der Waals surface area contributed by atoms with Gasteiger partial charge in [-0.3, -0.25) is 4.79 Å². The van der Waals surface area contributed by atoms with E-state index in [9.17, 15) is 4.79 Å². The van der Waals surface area contributed by atoms with Crippen LogP contribution in [0, 0.1) is 0 Å². The summed E-state index contributed by atoms with van der Waals surface area (Å²) in [6, 6.07) is 8.55. The van der Waals surface area contributed by atoms with Crippen LogP contribution in [0.4, 0.5) is 0 Å². The van der Waals surface area contributed by atoms with Gasteiger partial charge in [-0.15, -0.1) is 0 Å². The molecule has 20 heavy (non-hydrogen) atoms. The van der Waals surface area contributed by atoms with Crippen molar-refractivity contribution < 1.29 is 9.53 Å². The summed E-state index contributed by atoms with van der Waals surface area (Å²) in [5.41, 5.74) is 2.46. The molecule has 0 radical (unpaired) electrons. The van der Waals surface area contributed by atoms with E-state index in [1.54, 1.807) is 0 Å². The van der Waals surface area contributed by atoms with Crippen LogP contribution in [0.3, 0.4) is 0 Å². The Labute approximate surface area is 118 Å². The molecule has 1 aliphatic heterocycles. The van der Waals surface area contributed by atoms with Gasteiger partial charge in [-0.1, -0.05) is 6.07 Å². The lowest BCUT2D eigenvalue weighted by Gasteiger charge is -2.26. The Balaban J connectivity index is 1.62. The third kappa shape index (κ3) is 2.70. The molecule has 0 bridgehead atoms. The number of hydrogen-bond donors (Lipinski definition) is 0. The molecule has 0 N–H and O–H groups in total. The SMILES string of the molecule is Cn1ccc2cc(CCC(=O)N3CCOCC3)ccc21. The first-order valence-corrected chi connectivity index (χ1v) is 7.13. The molecule has 1 aromatic heterocycles. The molecule has 2 heterocycles. The van der Waals surface area contributed by atoms with E-state index < -0.39 is 0 Å². The van der Waals surface area contributed by atoms with Gasteiger partial charge in [0.1, 0.15) is 0 Å². The number of aromatic nitrogens is 1. The summed E-state index contributed by atoms with van der Waals surface area (Å²) < 4.78 is 7.38. The summed E-state index contributed by atoms with van der Waals surface area (Å²) in [7, 11) is 2.05. The van der Waals surface area contributed by atoms with E-state index in [0.29, 0.717) is 19.6 Å². The Bertz CT molecular complexity index is 612. The topological polar surface area (TPSA) is 34.5 Å². The summed E-state index contributed by atoms with van der Waals surface area (Å²) >= 11 is 0. The van der Waals surface area contributed by atoms with Crippen LogP contribution in [0.1, 0.15) is 12.0 Å². The van der Waals surface area contributed by atoms with Crippen molar-refractivity contribution in [2.24, 2.45) is 7.05 Å². The van der Waals surface area contributed by atoms with E-state index in [4.69, 9.17) is 4.74 Å². The Morgan fingerprint density at radius 2 is 2.05 bits per heavy atom. The first-order valence-electron chi connectivity index (χ1n) is 7.13. The molecule has 1 amide bonds. The van der Waals surface area contributed by atoms with Gasteiger partial charge in [0.25, 0.3) is 0 Å². The predicted molar refractivity (Wildman–Crippen MR) is 78.6 cm³/mol. The average molecular weight is 272 g/mol. The fraction of sp³-hybridized carbons (Fsp3) is 0.438.